The largest absolute Gasteiger partial charge is 0.0985 e. The Kier molecular flexibility index (Phi) is 2.93. The van der Waals surface area contributed by atoms with Crippen molar-refractivity contribution in [2.75, 3.05) is 0 Å². The van der Waals surface area contributed by atoms with Crippen molar-refractivity contribution in [3.63, 3.8) is 0 Å². The molecule has 0 nitrogen and oxygen atoms in total. The molecule has 0 aromatic heterocycles. The van der Waals surface area contributed by atoms with E-state index in [1.54, 1.807) is 6.08 Å². The van der Waals surface area contributed by atoms with Crippen molar-refractivity contribution < 1.29 is 0 Å². The Balaban J connectivity index is 4.03. The Bertz CT molecular complexity index is 127. The van der Waals surface area contributed by atoms with Crippen LogP contribution >= 0.6 is 0 Å². The Labute approximate surface area is 51.2 Å². The molecule has 0 saturated carbocycles. The van der Waals surface area contributed by atoms with Crippen molar-refractivity contribution in [1.29, 1.82) is 0 Å². The van der Waals surface area contributed by atoms with Gasteiger partial charge in [-0.1, -0.05) is 25.3 Å². The van der Waals surface area contributed by atoms with Gasteiger partial charge >= 0.3 is 0 Å². The van der Waals surface area contributed by atoms with E-state index in [-0.39, 0.29) is 0 Å². The monoisotopic (exact) mass is 108 g/mol. The van der Waals surface area contributed by atoms with Gasteiger partial charge in [0.15, 0.2) is 0 Å². The zero-order valence-corrected chi connectivity index (χ0v) is 5.57. The summed E-state index contributed by atoms with van der Waals surface area (Å²) in [5, 5.41) is 0. The number of rotatable bonds is 2. The van der Waals surface area contributed by atoms with E-state index < -0.39 is 0 Å². The summed E-state index contributed by atoms with van der Waals surface area (Å²) in [6.07, 6.45) is 3.78. The summed E-state index contributed by atoms with van der Waals surface area (Å²) in [6.45, 7) is 11.4. The van der Waals surface area contributed by atoms with Gasteiger partial charge in [0.1, 0.15) is 0 Å². The molecule has 0 fully saturated rings. The Morgan fingerprint density at radius 3 is 2.12 bits per heavy atom. The molecule has 0 bridgehead atoms. The van der Waals surface area contributed by atoms with Gasteiger partial charge in [0, 0.05) is 0 Å². The van der Waals surface area contributed by atoms with Gasteiger partial charge < -0.3 is 0 Å². The molecule has 0 saturated heterocycles. The van der Waals surface area contributed by atoms with Crippen LogP contribution in [0.4, 0.5) is 0 Å². The third-order valence-corrected chi connectivity index (χ3v) is 1.19. The van der Waals surface area contributed by atoms with Crippen LogP contribution in [0.2, 0.25) is 0 Å². The van der Waals surface area contributed by atoms with Gasteiger partial charge in [-0.05, 0) is 25.0 Å². The summed E-state index contributed by atoms with van der Waals surface area (Å²) in [4.78, 5) is 0. The summed E-state index contributed by atoms with van der Waals surface area (Å²) < 4.78 is 0. The molecule has 0 N–H and O–H groups in total. The molecule has 0 aromatic carbocycles. The second-order valence-electron chi connectivity index (χ2n) is 1.70. The van der Waals surface area contributed by atoms with Crippen molar-refractivity contribution in [2.45, 2.75) is 13.8 Å². The molecule has 0 aliphatic rings. The first kappa shape index (κ1) is 7.22. The maximum Gasteiger partial charge on any atom is -0.0309 e. The molecule has 0 radical (unpaired) electrons. The lowest BCUT2D eigenvalue weighted by atomic mass is 10.1. The molecule has 0 aliphatic heterocycles. The maximum atomic E-state index is 3.76. The zero-order valence-electron chi connectivity index (χ0n) is 5.57. The lowest BCUT2D eigenvalue weighted by molar-refractivity contribution is 1.42. The van der Waals surface area contributed by atoms with Crippen molar-refractivity contribution in [3.05, 3.63) is 36.5 Å². The molecule has 0 unspecified atom stereocenters. The van der Waals surface area contributed by atoms with Crippen LogP contribution in [0.1, 0.15) is 13.8 Å². The predicted octanol–water partition coefficient (Wildman–Crippen LogP) is 2.69. The van der Waals surface area contributed by atoms with Gasteiger partial charge in [-0.2, -0.15) is 0 Å². The summed E-state index contributed by atoms with van der Waals surface area (Å²) in [5.41, 5.74) is 2.20. The summed E-state index contributed by atoms with van der Waals surface area (Å²) >= 11 is 0. The van der Waals surface area contributed by atoms with Crippen LogP contribution < -0.4 is 0 Å². The molecule has 0 rings (SSSR count). The SMILES string of the molecule is C=CC(=C)C(C)=CC. The molecule has 0 amide bonds. The summed E-state index contributed by atoms with van der Waals surface area (Å²) in [5.74, 6) is 0. The Morgan fingerprint density at radius 1 is 1.50 bits per heavy atom. The fourth-order valence-electron chi connectivity index (χ4n) is 0.346. The lowest BCUT2D eigenvalue weighted by Gasteiger charge is -1.94. The molecule has 0 heterocycles. The number of allylic oxidation sites excluding steroid dienone is 4. The van der Waals surface area contributed by atoms with Crippen molar-refractivity contribution in [2.24, 2.45) is 0 Å². The van der Waals surface area contributed by atoms with Gasteiger partial charge in [-0.3, -0.25) is 0 Å². The van der Waals surface area contributed by atoms with Gasteiger partial charge in [-0.15, -0.1) is 0 Å². The van der Waals surface area contributed by atoms with E-state index in [0.717, 1.165) is 5.57 Å². The zero-order chi connectivity index (χ0) is 6.57. The Hall–Kier alpha value is -0.780. The molecular weight excluding hydrogens is 96.1 g/mol. The molecule has 0 atom stereocenters. The highest BCUT2D eigenvalue weighted by Crippen LogP contribution is 2.05. The maximum absolute atomic E-state index is 3.76. The summed E-state index contributed by atoms with van der Waals surface area (Å²) in [7, 11) is 0. The fourth-order valence-corrected chi connectivity index (χ4v) is 0.346. The molecule has 0 aliphatic carbocycles. The topological polar surface area (TPSA) is 0 Å². The minimum Gasteiger partial charge on any atom is -0.0985 e. The molecule has 0 heteroatoms. The second-order valence-corrected chi connectivity index (χ2v) is 1.70. The van der Waals surface area contributed by atoms with Crippen LogP contribution in [0.25, 0.3) is 0 Å². The normalized spacial score (nSPS) is 11.0. The van der Waals surface area contributed by atoms with Gasteiger partial charge in [0.05, 0.1) is 0 Å². The highest BCUT2D eigenvalue weighted by atomic mass is 13.9. The highest BCUT2D eigenvalue weighted by Gasteiger charge is 1.84. The average molecular weight is 108 g/mol. The van der Waals surface area contributed by atoms with Crippen molar-refractivity contribution in [3.8, 4) is 0 Å². The van der Waals surface area contributed by atoms with Gasteiger partial charge in [0.25, 0.3) is 0 Å². The highest BCUT2D eigenvalue weighted by molar-refractivity contribution is 5.33. The van der Waals surface area contributed by atoms with Crippen LogP contribution in [0.3, 0.4) is 0 Å². The third kappa shape index (κ3) is 1.78. The smallest absolute Gasteiger partial charge is 0.0309 e. The van der Waals surface area contributed by atoms with E-state index >= 15 is 0 Å². The minimum absolute atomic E-state index is 1.01. The van der Waals surface area contributed by atoms with E-state index in [4.69, 9.17) is 0 Å². The quantitative estimate of drug-likeness (QED) is 0.477. The molecule has 44 valence electrons. The van der Waals surface area contributed by atoms with E-state index in [9.17, 15) is 0 Å². The van der Waals surface area contributed by atoms with E-state index in [2.05, 4.69) is 13.2 Å². The molecular formula is C8H12. The first-order chi connectivity index (χ1) is 3.72. The van der Waals surface area contributed by atoms with Gasteiger partial charge in [-0.25, -0.2) is 0 Å². The van der Waals surface area contributed by atoms with E-state index in [1.165, 1.54) is 5.57 Å². The first-order valence-electron chi connectivity index (χ1n) is 2.67. The number of hydrogen-bond acceptors (Lipinski definition) is 0. The molecule has 0 aromatic rings. The van der Waals surface area contributed by atoms with Gasteiger partial charge in [0.2, 0.25) is 0 Å². The van der Waals surface area contributed by atoms with Crippen molar-refractivity contribution in [1.82, 2.24) is 0 Å². The first-order valence-corrected chi connectivity index (χ1v) is 2.67. The van der Waals surface area contributed by atoms with Crippen LogP contribution in [-0.2, 0) is 0 Å². The third-order valence-electron chi connectivity index (χ3n) is 1.19. The van der Waals surface area contributed by atoms with Crippen LogP contribution in [0.5, 0.6) is 0 Å². The van der Waals surface area contributed by atoms with E-state index in [1.807, 2.05) is 19.9 Å². The number of hydrogen-bond donors (Lipinski definition) is 0. The van der Waals surface area contributed by atoms with Crippen LogP contribution in [-0.4, -0.2) is 0 Å². The predicted molar refractivity (Wildman–Crippen MR) is 38.8 cm³/mol. The molecule has 8 heavy (non-hydrogen) atoms. The van der Waals surface area contributed by atoms with Crippen LogP contribution in [0, 0.1) is 0 Å². The standard InChI is InChI=1S/C8H12/c1-5-7(3)8(4)6-2/h5-6H,1,3H2,2,4H3. The van der Waals surface area contributed by atoms with Crippen LogP contribution in [0.15, 0.2) is 36.5 Å². The minimum atomic E-state index is 1.01. The second kappa shape index (κ2) is 3.25. The van der Waals surface area contributed by atoms with E-state index in [0.29, 0.717) is 0 Å². The van der Waals surface area contributed by atoms with Crippen molar-refractivity contribution >= 4 is 0 Å². The lowest BCUT2D eigenvalue weighted by Crippen LogP contribution is -1.73. The summed E-state index contributed by atoms with van der Waals surface area (Å²) in [6, 6.07) is 0. The Morgan fingerprint density at radius 2 is 2.00 bits per heavy atom. The molecule has 0 spiro atoms. The fraction of sp³-hybridized carbons (Fsp3) is 0.250. The average Bonchev–Trinajstić information content (AvgIpc) is 1.84.